The van der Waals surface area contributed by atoms with Crippen molar-refractivity contribution in [2.75, 3.05) is 5.73 Å². The summed E-state index contributed by atoms with van der Waals surface area (Å²) in [4.78, 5) is 3.91. The Morgan fingerprint density at radius 2 is 1.95 bits per heavy atom. The summed E-state index contributed by atoms with van der Waals surface area (Å²) in [5, 5.41) is 0. The number of nitrogen functional groups attached to an aromatic ring is 1. The third kappa shape index (κ3) is 3.63. The fraction of sp³-hybridized carbons (Fsp3) is 0.154. The van der Waals surface area contributed by atoms with Gasteiger partial charge in [0.1, 0.15) is 12.4 Å². The summed E-state index contributed by atoms with van der Waals surface area (Å²) in [5.41, 5.74) is 5.18. The van der Waals surface area contributed by atoms with E-state index >= 15 is 0 Å². The molecule has 0 aliphatic heterocycles. The highest BCUT2D eigenvalue weighted by Crippen LogP contribution is 2.37. The van der Waals surface area contributed by atoms with Crippen LogP contribution < -0.4 is 10.5 Å². The molecule has 0 saturated heterocycles. The van der Waals surface area contributed by atoms with Gasteiger partial charge in [0, 0.05) is 28.1 Å². The van der Waals surface area contributed by atoms with Crippen molar-refractivity contribution in [2.45, 2.75) is 12.8 Å². The van der Waals surface area contributed by atoms with Crippen molar-refractivity contribution < 1.29 is 17.9 Å². The van der Waals surface area contributed by atoms with E-state index in [1.54, 1.807) is 12.3 Å². The second kappa shape index (κ2) is 5.70. The molecule has 1 aromatic carbocycles. The third-order valence-corrected chi connectivity index (χ3v) is 2.90. The maximum absolute atomic E-state index is 12.9. The second-order valence-corrected chi connectivity index (χ2v) is 4.97. The highest BCUT2D eigenvalue weighted by molar-refractivity contribution is 9.10. The van der Waals surface area contributed by atoms with Crippen molar-refractivity contribution in [3.05, 3.63) is 52.3 Å². The van der Waals surface area contributed by atoms with E-state index in [2.05, 4.69) is 20.9 Å². The largest absolute Gasteiger partial charge is 0.488 e. The quantitative estimate of drug-likeness (QED) is 0.853. The van der Waals surface area contributed by atoms with Gasteiger partial charge in [0.25, 0.3) is 0 Å². The number of anilines is 1. The second-order valence-electron chi connectivity index (χ2n) is 4.05. The van der Waals surface area contributed by atoms with Gasteiger partial charge in [0.2, 0.25) is 0 Å². The molecule has 0 bridgehead atoms. The number of benzene rings is 1. The van der Waals surface area contributed by atoms with Crippen LogP contribution in [0.4, 0.5) is 18.9 Å². The molecule has 0 fully saturated rings. The van der Waals surface area contributed by atoms with Gasteiger partial charge in [-0.15, -0.1) is 0 Å². The van der Waals surface area contributed by atoms with Gasteiger partial charge in [0.05, 0.1) is 5.56 Å². The standard InChI is InChI=1S/C13H10BrF3N2O/c14-9-3-8(5-19-6-9)7-20-12-2-1-10(18)4-11(12)13(15,16)17/h1-6H,7,18H2. The molecule has 3 nitrogen and oxygen atoms in total. The number of nitrogens with two attached hydrogens (primary N) is 1. The predicted molar refractivity (Wildman–Crippen MR) is 72.1 cm³/mol. The topological polar surface area (TPSA) is 48.1 Å². The first-order valence-corrected chi connectivity index (χ1v) is 6.34. The molecule has 0 aliphatic rings. The Morgan fingerprint density at radius 3 is 2.60 bits per heavy atom. The van der Waals surface area contributed by atoms with E-state index in [1.807, 2.05) is 0 Å². The van der Waals surface area contributed by atoms with Crippen molar-refractivity contribution in [1.82, 2.24) is 4.98 Å². The zero-order chi connectivity index (χ0) is 14.8. The van der Waals surface area contributed by atoms with Gasteiger partial charge in [-0.3, -0.25) is 4.98 Å². The van der Waals surface area contributed by atoms with E-state index in [0.717, 1.165) is 10.5 Å². The normalized spacial score (nSPS) is 11.4. The number of nitrogens with zero attached hydrogens (tertiary/aromatic N) is 1. The molecule has 2 aromatic rings. The fourth-order valence-corrected chi connectivity index (χ4v) is 2.00. The Hall–Kier alpha value is -1.76. The van der Waals surface area contributed by atoms with E-state index in [-0.39, 0.29) is 18.0 Å². The molecular formula is C13H10BrF3N2O. The molecule has 1 aromatic heterocycles. The van der Waals surface area contributed by atoms with E-state index in [0.29, 0.717) is 5.56 Å². The molecule has 0 saturated carbocycles. The lowest BCUT2D eigenvalue weighted by Gasteiger charge is -2.14. The maximum Gasteiger partial charge on any atom is 0.420 e. The van der Waals surface area contributed by atoms with Crippen LogP contribution in [0.3, 0.4) is 0 Å². The highest BCUT2D eigenvalue weighted by atomic mass is 79.9. The maximum atomic E-state index is 12.9. The van der Waals surface area contributed by atoms with E-state index in [4.69, 9.17) is 10.5 Å². The lowest BCUT2D eigenvalue weighted by Crippen LogP contribution is -2.09. The summed E-state index contributed by atoms with van der Waals surface area (Å²) >= 11 is 3.23. The third-order valence-electron chi connectivity index (χ3n) is 2.46. The molecule has 0 spiro atoms. The van der Waals surface area contributed by atoms with Crippen molar-refractivity contribution in [3.8, 4) is 5.75 Å². The molecule has 0 aliphatic carbocycles. The zero-order valence-electron chi connectivity index (χ0n) is 10.1. The van der Waals surface area contributed by atoms with Gasteiger partial charge in [-0.05, 0) is 40.2 Å². The minimum atomic E-state index is -4.51. The molecule has 2 N–H and O–H groups in total. The number of hydrogen-bond donors (Lipinski definition) is 1. The lowest BCUT2D eigenvalue weighted by atomic mass is 10.1. The van der Waals surface area contributed by atoms with Crippen molar-refractivity contribution >= 4 is 21.6 Å². The lowest BCUT2D eigenvalue weighted by molar-refractivity contribution is -0.139. The molecule has 7 heteroatoms. The van der Waals surface area contributed by atoms with Crippen molar-refractivity contribution in [1.29, 1.82) is 0 Å². The van der Waals surface area contributed by atoms with Gasteiger partial charge < -0.3 is 10.5 Å². The molecule has 2 rings (SSSR count). The highest BCUT2D eigenvalue weighted by Gasteiger charge is 2.34. The number of aromatic nitrogens is 1. The molecule has 0 unspecified atom stereocenters. The van der Waals surface area contributed by atoms with Crippen LogP contribution in [0, 0.1) is 0 Å². The van der Waals surface area contributed by atoms with Crippen LogP contribution in [0.25, 0.3) is 0 Å². The van der Waals surface area contributed by atoms with Crippen LogP contribution in [0.15, 0.2) is 41.1 Å². The Bertz CT molecular complexity index is 617. The Morgan fingerprint density at radius 1 is 1.20 bits per heavy atom. The summed E-state index contributed by atoms with van der Waals surface area (Å²) in [6.45, 7) is -0.0144. The molecule has 20 heavy (non-hydrogen) atoms. The van der Waals surface area contributed by atoms with Crippen molar-refractivity contribution in [2.24, 2.45) is 0 Å². The van der Waals surface area contributed by atoms with Crippen LogP contribution >= 0.6 is 15.9 Å². The SMILES string of the molecule is Nc1ccc(OCc2cncc(Br)c2)c(C(F)(F)F)c1. The summed E-state index contributed by atoms with van der Waals surface area (Å²) in [5.74, 6) is -0.258. The van der Waals surface area contributed by atoms with E-state index < -0.39 is 11.7 Å². The first kappa shape index (κ1) is 14.6. The van der Waals surface area contributed by atoms with Gasteiger partial charge in [-0.25, -0.2) is 0 Å². The fourth-order valence-electron chi connectivity index (χ4n) is 1.59. The minimum Gasteiger partial charge on any atom is -0.488 e. The van der Waals surface area contributed by atoms with Crippen molar-refractivity contribution in [3.63, 3.8) is 0 Å². The summed E-state index contributed by atoms with van der Waals surface area (Å²) in [7, 11) is 0. The first-order valence-electron chi connectivity index (χ1n) is 5.55. The molecular weight excluding hydrogens is 337 g/mol. The molecule has 0 atom stereocenters. The molecule has 0 amide bonds. The van der Waals surface area contributed by atoms with Crippen LogP contribution in [-0.4, -0.2) is 4.98 Å². The Kier molecular flexibility index (Phi) is 4.17. The minimum absolute atomic E-state index is 0.0144. The van der Waals surface area contributed by atoms with Gasteiger partial charge in [-0.1, -0.05) is 0 Å². The molecule has 0 radical (unpaired) electrons. The predicted octanol–water partition coefficient (Wildman–Crippen LogP) is 4.02. The number of hydrogen-bond acceptors (Lipinski definition) is 3. The summed E-state index contributed by atoms with van der Waals surface area (Å²) in [6.07, 6.45) is -1.41. The van der Waals surface area contributed by atoms with Gasteiger partial charge in [0.15, 0.2) is 0 Å². The molecule has 1 heterocycles. The average molecular weight is 347 g/mol. The number of halogens is 4. The monoisotopic (exact) mass is 346 g/mol. The van der Waals surface area contributed by atoms with Gasteiger partial charge in [-0.2, -0.15) is 13.2 Å². The smallest absolute Gasteiger partial charge is 0.420 e. The summed E-state index contributed by atoms with van der Waals surface area (Å²) < 4.78 is 44.5. The Labute approximate surface area is 121 Å². The molecule has 106 valence electrons. The van der Waals surface area contributed by atoms with Crippen LogP contribution in [0.2, 0.25) is 0 Å². The number of rotatable bonds is 3. The van der Waals surface area contributed by atoms with Gasteiger partial charge >= 0.3 is 6.18 Å². The van der Waals surface area contributed by atoms with Crippen LogP contribution in [0.1, 0.15) is 11.1 Å². The number of pyridine rings is 1. The van der Waals surface area contributed by atoms with Crippen LogP contribution in [0.5, 0.6) is 5.75 Å². The van der Waals surface area contributed by atoms with Crippen LogP contribution in [-0.2, 0) is 12.8 Å². The summed E-state index contributed by atoms with van der Waals surface area (Å²) in [6, 6.07) is 5.15. The number of alkyl halides is 3. The first-order chi connectivity index (χ1) is 9.36. The number of ether oxygens (including phenoxy) is 1. The Balaban J connectivity index is 2.21. The zero-order valence-corrected chi connectivity index (χ0v) is 11.7. The average Bonchev–Trinajstić information content (AvgIpc) is 2.36. The van der Waals surface area contributed by atoms with E-state index in [9.17, 15) is 13.2 Å². The van der Waals surface area contributed by atoms with E-state index in [1.165, 1.54) is 18.3 Å².